The molecule has 4 aliphatic rings. The number of aliphatic hydroxyl groups excluding tert-OH is 4. The number of carbonyl (C=O) groups is 2. The molecule has 572 valence electrons. The zero-order valence-electron chi connectivity index (χ0n) is 63.1. The standard InChI is InChI=1S/C25H43N5O3Si.C18H27N5O4.C17H29N5O2Si.C10H13N5O3/c1-8-10-11-12-13-14-20(31)29-22-21-23(27-16-26-22)30(17-28-21)24-19(15-18(9-2)32-24)33-34(6,7)25(3,4)5;1-2-3-4-5-6-7-14(26)22-16-15-17(20-10-19-16)23(11-21-15)18-13(25)8-12(9-24)27-18;1-7-11-8-12(24-25(5,6)17(2,3)4)16(23-11)22-10-21-13-14(18)19-9-20-15(13)22;11-8-7-9(13-3-12-8)15(4-14-7)10-6(17)1-5(2-16)18-10/h16-19,24H,8-15H2,1-7H3,(H,26,27,29,31);10-13,18,24-25H,2-9H2,1H3,(H,19,20,22,26);9-12,16H,7-8H2,1-6H3,(H2,18,19,20);3-6,10,16-17H,1-2H2,(H2,11,12,13)/t18-,19+,24-;12-,13-,18+;11-,12+,16-;5-,6-,10+/m1010/s1. The summed E-state index contributed by atoms with van der Waals surface area (Å²) in [6.45, 7) is 30.9. The number of nitrogens with two attached hydrogens (primary N) is 2. The maximum absolute atomic E-state index is 12.5. The predicted molar refractivity (Wildman–Crippen MR) is 399 cm³/mol. The first-order valence-electron chi connectivity index (χ1n) is 36.9. The van der Waals surface area contributed by atoms with E-state index in [1.165, 1.54) is 70.1 Å². The molecule has 0 unspecified atom stereocenters. The number of aliphatic hydroxyl groups is 4. The molecule has 4 saturated heterocycles. The molecule has 0 radical (unpaired) electrons. The zero-order valence-corrected chi connectivity index (χ0v) is 65.1. The molecule has 0 spiro atoms. The number of amides is 2. The lowest BCUT2D eigenvalue weighted by Gasteiger charge is -2.39. The molecule has 4 aliphatic heterocycles. The van der Waals surface area contributed by atoms with Crippen LogP contribution in [-0.2, 0) is 37.4 Å². The Balaban J connectivity index is 0.000000164. The highest BCUT2D eigenvalue weighted by molar-refractivity contribution is 6.74. The maximum atomic E-state index is 12.5. The van der Waals surface area contributed by atoms with Crippen molar-refractivity contribution in [1.82, 2.24) is 78.1 Å². The predicted octanol–water partition coefficient (Wildman–Crippen LogP) is 10.5. The number of fused-ring (bicyclic) bond motifs is 4. The Morgan fingerprint density at radius 3 is 1.11 bits per heavy atom. The van der Waals surface area contributed by atoms with Crippen molar-refractivity contribution in [3.8, 4) is 0 Å². The number of ether oxygens (including phenoxy) is 4. The van der Waals surface area contributed by atoms with Gasteiger partial charge < -0.3 is 70.3 Å². The number of aromatic nitrogens is 16. The Hall–Kier alpha value is -7.23. The van der Waals surface area contributed by atoms with Gasteiger partial charge in [-0.25, -0.2) is 59.8 Å². The van der Waals surface area contributed by atoms with Crippen molar-refractivity contribution in [3.05, 3.63) is 50.6 Å². The molecule has 34 heteroatoms. The van der Waals surface area contributed by atoms with Gasteiger partial charge in [-0.3, -0.25) is 27.9 Å². The van der Waals surface area contributed by atoms with Crippen molar-refractivity contribution in [2.45, 2.75) is 295 Å². The van der Waals surface area contributed by atoms with Crippen LogP contribution in [0.25, 0.3) is 44.7 Å². The van der Waals surface area contributed by atoms with Crippen LogP contribution in [-0.4, -0.2) is 189 Å². The number of imidazole rings is 4. The molecule has 10 N–H and O–H groups in total. The lowest BCUT2D eigenvalue weighted by atomic mass is 10.1. The molecule has 32 nitrogen and oxygen atoms in total. The van der Waals surface area contributed by atoms with E-state index >= 15 is 0 Å². The Kier molecular flexibility index (Phi) is 27.9. The van der Waals surface area contributed by atoms with Gasteiger partial charge in [-0.15, -0.1) is 0 Å². The Morgan fingerprint density at radius 2 is 0.779 bits per heavy atom. The number of hydrogen-bond donors (Lipinski definition) is 8. The second-order valence-electron chi connectivity index (χ2n) is 30.4. The lowest BCUT2D eigenvalue weighted by Crippen LogP contribution is -2.45. The number of anilines is 4. The van der Waals surface area contributed by atoms with Gasteiger partial charge in [0, 0.05) is 38.5 Å². The van der Waals surface area contributed by atoms with E-state index in [0.29, 0.717) is 87.8 Å². The lowest BCUT2D eigenvalue weighted by molar-refractivity contribution is -0.117. The highest BCUT2D eigenvalue weighted by atomic mass is 28.4. The monoisotopic (exact) mass is 1480 g/mol. The van der Waals surface area contributed by atoms with E-state index in [1.807, 2.05) is 9.13 Å². The van der Waals surface area contributed by atoms with Crippen molar-refractivity contribution < 1.29 is 57.8 Å². The molecule has 12 heterocycles. The number of rotatable bonds is 26. The summed E-state index contributed by atoms with van der Waals surface area (Å²) in [4.78, 5) is 75.5. The number of carbonyl (C=O) groups excluding carboxylic acids is 2. The fourth-order valence-electron chi connectivity index (χ4n) is 12.5. The highest BCUT2D eigenvalue weighted by Crippen LogP contribution is 2.45. The van der Waals surface area contributed by atoms with Gasteiger partial charge in [0.2, 0.25) is 11.8 Å². The molecule has 0 aliphatic carbocycles. The van der Waals surface area contributed by atoms with E-state index in [-0.39, 0.29) is 83.9 Å². The van der Waals surface area contributed by atoms with Crippen LogP contribution in [0.2, 0.25) is 36.3 Å². The molecule has 0 aromatic carbocycles. The zero-order chi connectivity index (χ0) is 75.3. The second-order valence-corrected chi connectivity index (χ2v) is 39.9. The summed E-state index contributed by atoms with van der Waals surface area (Å²) in [5, 5.41) is 44.4. The Bertz CT molecular complexity index is 4070. The molecular formula is C70H112N20O12Si2. The average Bonchev–Trinajstić information content (AvgIpc) is 1.63. The summed E-state index contributed by atoms with van der Waals surface area (Å²) in [5.41, 5.74) is 16.0. The summed E-state index contributed by atoms with van der Waals surface area (Å²) >= 11 is 0. The Labute approximate surface area is 610 Å². The summed E-state index contributed by atoms with van der Waals surface area (Å²) in [5.74, 6) is 1.34. The molecular weight excluding hydrogens is 1370 g/mol. The van der Waals surface area contributed by atoms with Crippen LogP contribution in [0, 0.1) is 0 Å². The van der Waals surface area contributed by atoms with Gasteiger partial charge in [-0.2, -0.15) is 0 Å². The van der Waals surface area contributed by atoms with Crippen LogP contribution in [0.4, 0.5) is 23.3 Å². The van der Waals surface area contributed by atoms with Crippen molar-refractivity contribution in [1.29, 1.82) is 0 Å². The van der Waals surface area contributed by atoms with Crippen molar-refractivity contribution in [2.75, 3.05) is 35.3 Å². The van der Waals surface area contributed by atoms with Crippen molar-refractivity contribution >= 4 is 96.4 Å². The smallest absolute Gasteiger partial charge is 0.225 e. The van der Waals surface area contributed by atoms with E-state index in [2.05, 4.69) is 166 Å². The van der Waals surface area contributed by atoms with Gasteiger partial charge in [0.25, 0.3) is 0 Å². The molecule has 0 saturated carbocycles. The minimum absolute atomic E-state index is 0.0144. The summed E-state index contributed by atoms with van der Waals surface area (Å²) in [6.07, 6.45) is 24.4. The van der Waals surface area contributed by atoms with Crippen molar-refractivity contribution in [2.24, 2.45) is 0 Å². The Morgan fingerprint density at radius 1 is 0.462 bits per heavy atom. The maximum Gasteiger partial charge on any atom is 0.225 e. The second kappa shape index (κ2) is 35.9. The quantitative estimate of drug-likeness (QED) is 0.0184. The molecule has 8 aromatic heterocycles. The fraction of sp³-hybridized carbons (Fsp3) is 0.686. The first kappa shape index (κ1) is 80.9. The van der Waals surface area contributed by atoms with Crippen LogP contribution in [0.1, 0.15) is 210 Å². The van der Waals surface area contributed by atoms with Gasteiger partial charge in [0.1, 0.15) is 48.6 Å². The van der Waals surface area contributed by atoms with Crippen LogP contribution in [0.15, 0.2) is 50.6 Å². The first-order chi connectivity index (χ1) is 49.5. The first-order valence-corrected chi connectivity index (χ1v) is 42.7. The third kappa shape index (κ3) is 19.5. The molecule has 104 heavy (non-hydrogen) atoms. The molecule has 12 rings (SSSR count). The number of nitrogens with one attached hydrogen (secondary N) is 2. The van der Waals surface area contributed by atoms with E-state index in [4.69, 9.17) is 44.4 Å². The van der Waals surface area contributed by atoms with Gasteiger partial charge in [-0.1, -0.05) is 121 Å². The summed E-state index contributed by atoms with van der Waals surface area (Å²) in [6, 6.07) is 0. The highest BCUT2D eigenvalue weighted by Gasteiger charge is 2.48. The number of nitrogens with zero attached hydrogens (tertiary/aromatic N) is 16. The van der Waals surface area contributed by atoms with Crippen LogP contribution in [0.3, 0.4) is 0 Å². The number of unbranched alkanes of at least 4 members (excludes halogenated alkanes) is 8. The van der Waals surface area contributed by atoms with E-state index in [1.54, 1.807) is 21.8 Å². The van der Waals surface area contributed by atoms with Gasteiger partial charge >= 0.3 is 0 Å². The van der Waals surface area contributed by atoms with E-state index in [9.17, 15) is 24.9 Å². The number of nitrogen functional groups attached to an aromatic ring is 2. The minimum atomic E-state index is -1.99. The summed E-state index contributed by atoms with van der Waals surface area (Å²) < 4.78 is 44.5. The SMILES string of the molecule is CCCCCCCC(=O)Nc1ncnc2c1ncn2[C@@H]1O[C@H](CC)C[C@@H]1O[Si](C)(C)C(C)(C)C.CCCCCCCC(=O)Nc1ncnc2c1ncn2[C@@H]1O[C@H](CO)C[C@@H]1O.CC[C@@H]1C[C@H](O[Si](C)(C)C(C)(C)C)[C@H](n2cnc3c(N)ncnc32)O1.Nc1ncnc2c1ncn2[C@@H]1O[C@H](CO)C[C@@H]1O. The molecule has 0 bridgehead atoms. The molecule has 12 atom stereocenters. The van der Waals surface area contributed by atoms with Gasteiger partial charge in [0.05, 0.1) is 75.1 Å². The minimum Gasteiger partial charge on any atom is -0.409 e. The molecule has 2 amide bonds. The topological polar surface area (TPSA) is 421 Å². The fourth-order valence-corrected chi connectivity index (χ4v) is 15.2. The van der Waals surface area contributed by atoms with Crippen LogP contribution >= 0.6 is 0 Å². The average molecular weight is 1480 g/mol. The largest absolute Gasteiger partial charge is 0.409 e. The third-order valence-corrected chi connectivity index (χ3v) is 29.6. The van der Waals surface area contributed by atoms with Crippen molar-refractivity contribution in [3.63, 3.8) is 0 Å². The summed E-state index contributed by atoms with van der Waals surface area (Å²) in [7, 11) is -3.91. The van der Waals surface area contributed by atoms with Crippen LogP contribution < -0.4 is 22.1 Å². The van der Waals surface area contributed by atoms with Gasteiger partial charge in [-0.05, 0) is 61.9 Å². The van der Waals surface area contributed by atoms with Crippen LogP contribution in [0.5, 0.6) is 0 Å². The van der Waals surface area contributed by atoms with E-state index < -0.39 is 47.4 Å². The van der Waals surface area contributed by atoms with Gasteiger partial charge in [0.15, 0.2) is 98.4 Å². The molecule has 8 aromatic rings. The number of hydrogen-bond acceptors (Lipinski definition) is 26. The normalized spacial score (nSPS) is 23.6. The van der Waals surface area contributed by atoms with E-state index in [0.717, 1.165) is 57.8 Å². The third-order valence-electron chi connectivity index (χ3n) is 20.6. The molecule has 4 fully saturated rings.